The topological polar surface area (TPSA) is 95.8 Å². The smallest absolute Gasteiger partial charge is 0.408 e. The molecule has 5 nitrogen and oxygen atoms in total. The lowest BCUT2D eigenvalue weighted by atomic mass is 10.0. The van der Waals surface area contributed by atoms with Crippen LogP contribution in [0.5, 0.6) is 0 Å². The van der Waals surface area contributed by atoms with Gasteiger partial charge in [0, 0.05) is 0 Å². The van der Waals surface area contributed by atoms with Crippen molar-refractivity contribution in [3.63, 3.8) is 0 Å². The van der Waals surface area contributed by atoms with Gasteiger partial charge in [-0.2, -0.15) is 5.26 Å². The van der Waals surface area contributed by atoms with Gasteiger partial charge in [-0.15, -0.1) is 0 Å². The minimum atomic E-state index is -0.454. The lowest BCUT2D eigenvalue weighted by molar-refractivity contribution is 0.555. The molecule has 22 heavy (non-hydrogen) atoms. The van der Waals surface area contributed by atoms with E-state index in [4.69, 9.17) is 14.8 Å². The second-order valence-electron chi connectivity index (χ2n) is 4.88. The monoisotopic (exact) mass is 311 g/mol. The van der Waals surface area contributed by atoms with Gasteiger partial charge in [-0.25, -0.2) is 4.79 Å². The molecule has 0 amide bonds. The SMILES string of the molecule is N#C[C@H](Cc1ccc(-c2ccc3oc(=O)[nH]c3c2)cc1)SN. The molecule has 0 radical (unpaired) electrons. The third kappa shape index (κ3) is 2.91. The third-order valence-corrected chi connectivity index (χ3v) is 4.04. The summed E-state index contributed by atoms with van der Waals surface area (Å²) in [5.41, 5.74) is 4.30. The molecular formula is C16H13N3O2S. The summed E-state index contributed by atoms with van der Waals surface area (Å²) in [4.78, 5) is 13.8. The number of hydrogen-bond donors (Lipinski definition) is 2. The van der Waals surface area contributed by atoms with E-state index < -0.39 is 5.76 Å². The van der Waals surface area contributed by atoms with Crippen molar-refractivity contribution in [2.45, 2.75) is 11.7 Å². The zero-order valence-corrected chi connectivity index (χ0v) is 12.4. The number of oxazole rings is 1. The van der Waals surface area contributed by atoms with Crippen LogP contribution in [0.3, 0.4) is 0 Å². The molecule has 0 aliphatic carbocycles. The van der Waals surface area contributed by atoms with Crippen molar-refractivity contribution in [2.24, 2.45) is 5.14 Å². The van der Waals surface area contributed by atoms with Crippen LogP contribution in [0.4, 0.5) is 0 Å². The van der Waals surface area contributed by atoms with Crippen molar-refractivity contribution < 1.29 is 4.42 Å². The number of aromatic amines is 1. The first-order chi connectivity index (χ1) is 10.7. The van der Waals surface area contributed by atoms with E-state index in [9.17, 15) is 4.79 Å². The second-order valence-corrected chi connectivity index (χ2v) is 5.72. The number of H-pyrrole nitrogens is 1. The molecule has 0 spiro atoms. The largest absolute Gasteiger partial charge is 0.417 e. The van der Waals surface area contributed by atoms with Crippen LogP contribution in [0.25, 0.3) is 22.2 Å². The zero-order valence-electron chi connectivity index (χ0n) is 11.6. The predicted octanol–water partition coefficient (Wildman–Crippen LogP) is 2.83. The molecule has 0 unspecified atom stereocenters. The van der Waals surface area contributed by atoms with Gasteiger partial charge >= 0.3 is 5.76 Å². The molecule has 0 saturated heterocycles. The first kappa shape index (κ1) is 14.4. The standard InChI is InChI=1S/C16H13N3O2S/c17-9-13(22-18)7-10-1-3-11(4-2-10)12-5-6-15-14(8-12)19-16(20)21-15/h1-6,8,13H,7,18H2,(H,19,20)/t13-/m0/s1. The highest BCUT2D eigenvalue weighted by atomic mass is 32.2. The maximum Gasteiger partial charge on any atom is 0.417 e. The van der Waals surface area contributed by atoms with Crippen LogP contribution in [0.15, 0.2) is 51.7 Å². The highest BCUT2D eigenvalue weighted by molar-refractivity contribution is 7.97. The molecule has 3 rings (SSSR count). The highest BCUT2D eigenvalue weighted by Crippen LogP contribution is 2.24. The lowest BCUT2D eigenvalue weighted by Crippen LogP contribution is -2.06. The van der Waals surface area contributed by atoms with Gasteiger partial charge in [-0.1, -0.05) is 42.3 Å². The lowest BCUT2D eigenvalue weighted by Gasteiger charge is -2.07. The zero-order chi connectivity index (χ0) is 15.5. The number of rotatable bonds is 4. The first-order valence-corrected chi connectivity index (χ1v) is 7.61. The van der Waals surface area contributed by atoms with E-state index in [0.29, 0.717) is 17.5 Å². The molecule has 0 saturated carbocycles. The normalized spacial score (nSPS) is 12.2. The Morgan fingerprint density at radius 1 is 1.23 bits per heavy atom. The minimum absolute atomic E-state index is 0.238. The third-order valence-electron chi connectivity index (χ3n) is 3.44. The van der Waals surface area contributed by atoms with E-state index in [-0.39, 0.29) is 5.25 Å². The summed E-state index contributed by atoms with van der Waals surface area (Å²) in [6.07, 6.45) is 0.617. The number of nitrogens with one attached hydrogen (secondary N) is 1. The average molecular weight is 311 g/mol. The summed E-state index contributed by atoms with van der Waals surface area (Å²) >= 11 is 1.06. The van der Waals surface area contributed by atoms with E-state index in [2.05, 4.69) is 11.1 Å². The summed E-state index contributed by atoms with van der Waals surface area (Å²) in [5, 5.41) is 14.2. The van der Waals surface area contributed by atoms with Crippen molar-refractivity contribution in [3.05, 3.63) is 58.6 Å². The summed E-state index contributed by atoms with van der Waals surface area (Å²) in [6, 6.07) is 15.7. The van der Waals surface area contributed by atoms with Crippen molar-refractivity contribution in [1.82, 2.24) is 4.98 Å². The molecule has 2 aromatic carbocycles. The molecule has 0 aliphatic heterocycles. The van der Waals surface area contributed by atoms with Gasteiger partial charge in [0.25, 0.3) is 0 Å². The fraction of sp³-hybridized carbons (Fsp3) is 0.125. The molecule has 1 heterocycles. The van der Waals surface area contributed by atoms with Crippen LogP contribution in [-0.4, -0.2) is 10.2 Å². The van der Waals surface area contributed by atoms with Crippen LogP contribution in [0, 0.1) is 11.3 Å². The maximum absolute atomic E-state index is 11.2. The number of hydrogen-bond acceptors (Lipinski definition) is 5. The summed E-state index contributed by atoms with van der Waals surface area (Å²) in [6.45, 7) is 0. The van der Waals surface area contributed by atoms with Gasteiger partial charge in [0.1, 0.15) is 5.25 Å². The fourth-order valence-electron chi connectivity index (χ4n) is 2.30. The van der Waals surface area contributed by atoms with Crippen LogP contribution >= 0.6 is 11.9 Å². The quantitative estimate of drug-likeness (QED) is 0.722. The van der Waals surface area contributed by atoms with Gasteiger partial charge in [0.2, 0.25) is 0 Å². The molecule has 3 aromatic rings. The van der Waals surface area contributed by atoms with Crippen LogP contribution < -0.4 is 10.9 Å². The average Bonchev–Trinajstić information content (AvgIpc) is 2.92. The number of fused-ring (bicyclic) bond motifs is 1. The minimum Gasteiger partial charge on any atom is -0.408 e. The van der Waals surface area contributed by atoms with Gasteiger partial charge in [0.15, 0.2) is 5.58 Å². The number of benzene rings is 2. The van der Waals surface area contributed by atoms with E-state index in [1.807, 2.05) is 36.4 Å². The Kier molecular flexibility index (Phi) is 4.00. The van der Waals surface area contributed by atoms with Gasteiger partial charge in [-0.05, 0) is 35.2 Å². The van der Waals surface area contributed by atoms with E-state index in [1.165, 1.54) is 0 Å². The Balaban J connectivity index is 1.87. The molecule has 0 bridgehead atoms. The Hall–Kier alpha value is -2.49. The van der Waals surface area contributed by atoms with Crippen molar-refractivity contribution in [1.29, 1.82) is 5.26 Å². The number of nitrogens with two attached hydrogens (primary N) is 1. The van der Waals surface area contributed by atoms with Crippen molar-refractivity contribution in [3.8, 4) is 17.2 Å². The Morgan fingerprint density at radius 3 is 2.64 bits per heavy atom. The molecule has 0 aliphatic rings. The van der Waals surface area contributed by atoms with Crippen molar-refractivity contribution in [2.75, 3.05) is 0 Å². The number of nitrogens with zero attached hydrogens (tertiary/aromatic N) is 1. The predicted molar refractivity (Wildman–Crippen MR) is 87.2 cm³/mol. The molecule has 1 aromatic heterocycles. The molecular weight excluding hydrogens is 298 g/mol. The summed E-state index contributed by atoms with van der Waals surface area (Å²) < 4.78 is 4.99. The Bertz CT molecular complexity index is 890. The first-order valence-electron chi connectivity index (χ1n) is 6.67. The summed E-state index contributed by atoms with van der Waals surface area (Å²) in [5.74, 6) is -0.454. The van der Waals surface area contributed by atoms with E-state index in [1.54, 1.807) is 6.07 Å². The highest BCUT2D eigenvalue weighted by Gasteiger charge is 2.08. The van der Waals surface area contributed by atoms with Crippen molar-refractivity contribution >= 4 is 23.0 Å². The molecule has 1 atom stereocenters. The van der Waals surface area contributed by atoms with Crippen LogP contribution in [-0.2, 0) is 6.42 Å². The van der Waals surface area contributed by atoms with Crippen LogP contribution in [0.1, 0.15) is 5.56 Å². The molecule has 0 fully saturated rings. The van der Waals surface area contributed by atoms with E-state index in [0.717, 1.165) is 28.6 Å². The van der Waals surface area contributed by atoms with Crippen LogP contribution in [0.2, 0.25) is 0 Å². The fourth-order valence-corrected chi connectivity index (χ4v) is 2.65. The Labute approximate surface area is 130 Å². The molecule has 3 N–H and O–H groups in total. The van der Waals surface area contributed by atoms with Gasteiger partial charge < -0.3 is 4.42 Å². The van der Waals surface area contributed by atoms with Gasteiger partial charge in [0.05, 0.1) is 11.6 Å². The maximum atomic E-state index is 11.2. The van der Waals surface area contributed by atoms with E-state index >= 15 is 0 Å². The summed E-state index contributed by atoms with van der Waals surface area (Å²) in [7, 11) is 0. The molecule has 6 heteroatoms. The molecule has 110 valence electrons. The number of nitriles is 1. The van der Waals surface area contributed by atoms with Gasteiger partial charge in [-0.3, -0.25) is 10.1 Å². The Morgan fingerprint density at radius 2 is 1.95 bits per heavy atom. The second kappa shape index (κ2) is 6.10. The number of aromatic nitrogens is 1.